The minimum Gasteiger partial charge on any atom is -0.390 e. The molecule has 1 aliphatic rings. The summed E-state index contributed by atoms with van der Waals surface area (Å²) in [6, 6.07) is 7.12. The van der Waals surface area contributed by atoms with Gasteiger partial charge in [0.2, 0.25) is 0 Å². The van der Waals surface area contributed by atoms with Gasteiger partial charge in [-0.05, 0) is 24.3 Å². The molecule has 2 N–H and O–H groups in total. The molecule has 1 aromatic rings. The van der Waals surface area contributed by atoms with Gasteiger partial charge in [0.1, 0.15) is 0 Å². The van der Waals surface area contributed by atoms with Crippen LogP contribution in [0.4, 0.5) is 0 Å². The summed E-state index contributed by atoms with van der Waals surface area (Å²) in [6.07, 6.45) is -0.563. The van der Waals surface area contributed by atoms with E-state index in [1.165, 1.54) is 0 Å². The lowest BCUT2D eigenvalue weighted by Gasteiger charge is -2.28. The largest absolute Gasteiger partial charge is 0.390 e. The molecule has 1 aliphatic heterocycles. The first kappa shape index (κ1) is 15.4. The van der Waals surface area contributed by atoms with Crippen molar-refractivity contribution < 1.29 is 14.6 Å². The fraction of sp³-hybridized carbons (Fsp3) is 0.500. The van der Waals surface area contributed by atoms with Gasteiger partial charge in [-0.25, -0.2) is 0 Å². The summed E-state index contributed by atoms with van der Waals surface area (Å²) in [4.78, 5) is 14.0. The third-order valence-corrected chi connectivity index (χ3v) is 3.71. The summed E-state index contributed by atoms with van der Waals surface area (Å²) in [6.45, 7) is 3.89. The number of rotatable bonds is 5. The number of hydrogen-bond donors (Lipinski definition) is 2. The monoisotopic (exact) mass is 342 g/mol. The van der Waals surface area contributed by atoms with E-state index >= 15 is 0 Å². The molecule has 20 heavy (non-hydrogen) atoms. The highest BCUT2D eigenvalue weighted by atomic mass is 79.9. The Morgan fingerprint density at radius 1 is 1.35 bits per heavy atom. The summed E-state index contributed by atoms with van der Waals surface area (Å²) in [5.74, 6) is -0.168. The standard InChI is InChI=1S/C14H19BrN2O3/c15-12-3-1-11(2-4-12)14(19)16-9-13(18)10-17-5-7-20-8-6-17/h1-4,13,18H,5-10H2,(H,16,19)/t13-/m0/s1. The van der Waals surface area contributed by atoms with E-state index in [1.807, 2.05) is 12.1 Å². The van der Waals surface area contributed by atoms with E-state index in [0.717, 1.165) is 17.6 Å². The second-order valence-corrected chi connectivity index (χ2v) is 5.70. The number of halogens is 1. The van der Waals surface area contributed by atoms with Gasteiger partial charge in [0, 0.05) is 36.2 Å². The average molecular weight is 343 g/mol. The first-order chi connectivity index (χ1) is 9.65. The molecule has 110 valence electrons. The number of carbonyl (C=O) groups excluding carboxylic acids is 1. The smallest absolute Gasteiger partial charge is 0.251 e. The molecular weight excluding hydrogens is 324 g/mol. The molecule has 6 heteroatoms. The first-order valence-corrected chi connectivity index (χ1v) is 7.46. The topological polar surface area (TPSA) is 61.8 Å². The average Bonchev–Trinajstić information content (AvgIpc) is 2.46. The molecule has 0 aliphatic carbocycles. The summed E-state index contributed by atoms with van der Waals surface area (Å²) < 4.78 is 6.18. The fourth-order valence-electron chi connectivity index (χ4n) is 2.06. The van der Waals surface area contributed by atoms with Crippen molar-refractivity contribution in [3.8, 4) is 0 Å². The van der Waals surface area contributed by atoms with Gasteiger partial charge in [0.05, 0.1) is 19.3 Å². The van der Waals surface area contributed by atoms with Crippen LogP contribution in [0, 0.1) is 0 Å². The zero-order valence-electron chi connectivity index (χ0n) is 11.2. The van der Waals surface area contributed by atoms with Gasteiger partial charge in [-0.2, -0.15) is 0 Å². The highest BCUT2D eigenvalue weighted by Crippen LogP contribution is 2.10. The van der Waals surface area contributed by atoms with Gasteiger partial charge < -0.3 is 15.2 Å². The molecule has 1 atom stereocenters. The minimum absolute atomic E-state index is 0.168. The van der Waals surface area contributed by atoms with Crippen LogP contribution in [0.2, 0.25) is 0 Å². The molecule has 0 bridgehead atoms. The maximum atomic E-state index is 11.9. The molecule has 0 saturated carbocycles. The van der Waals surface area contributed by atoms with Crippen molar-refractivity contribution in [2.45, 2.75) is 6.10 Å². The number of β-amino-alcohol motifs (C(OH)–C–C–N with tert-alkyl or cyclic N) is 1. The molecule has 0 aromatic heterocycles. The molecule has 0 unspecified atom stereocenters. The zero-order chi connectivity index (χ0) is 14.4. The Hall–Kier alpha value is -0.950. The summed E-state index contributed by atoms with van der Waals surface area (Å²) in [5.41, 5.74) is 0.590. The normalized spacial score (nSPS) is 17.7. The van der Waals surface area contributed by atoms with Crippen LogP contribution in [0.15, 0.2) is 28.7 Å². The maximum Gasteiger partial charge on any atom is 0.251 e. The molecule has 1 amide bonds. The lowest BCUT2D eigenvalue weighted by molar-refractivity contribution is 0.0149. The van der Waals surface area contributed by atoms with E-state index < -0.39 is 6.10 Å². The number of benzene rings is 1. The van der Waals surface area contributed by atoms with E-state index in [2.05, 4.69) is 26.1 Å². The summed E-state index contributed by atoms with van der Waals surface area (Å²) in [5, 5.41) is 12.7. The SMILES string of the molecule is O=C(NC[C@H](O)CN1CCOCC1)c1ccc(Br)cc1. The second-order valence-electron chi connectivity index (χ2n) is 4.78. The Kier molecular flexibility index (Phi) is 5.97. The van der Waals surface area contributed by atoms with Crippen LogP contribution in [0.3, 0.4) is 0 Å². The predicted molar refractivity (Wildman–Crippen MR) is 79.7 cm³/mol. The highest BCUT2D eigenvalue weighted by Gasteiger charge is 2.15. The lowest BCUT2D eigenvalue weighted by Crippen LogP contribution is -2.44. The number of carbonyl (C=O) groups is 1. The fourth-order valence-corrected chi connectivity index (χ4v) is 2.32. The van der Waals surface area contributed by atoms with E-state index in [1.54, 1.807) is 12.1 Å². The van der Waals surface area contributed by atoms with Crippen molar-refractivity contribution in [1.29, 1.82) is 0 Å². The van der Waals surface area contributed by atoms with Crippen molar-refractivity contribution >= 4 is 21.8 Å². The van der Waals surface area contributed by atoms with Crippen molar-refractivity contribution in [2.75, 3.05) is 39.4 Å². The highest BCUT2D eigenvalue weighted by molar-refractivity contribution is 9.10. The Bertz CT molecular complexity index is 433. The quantitative estimate of drug-likeness (QED) is 0.833. The van der Waals surface area contributed by atoms with Crippen molar-refractivity contribution in [2.24, 2.45) is 0 Å². The number of aliphatic hydroxyl groups excluding tert-OH is 1. The number of amides is 1. The van der Waals surface area contributed by atoms with Gasteiger partial charge >= 0.3 is 0 Å². The second kappa shape index (κ2) is 7.73. The summed E-state index contributed by atoms with van der Waals surface area (Å²) >= 11 is 3.32. The molecule has 5 nitrogen and oxygen atoms in total. The van der Waals surface area contributed by atoms with Crippen LogP contribution in [0.1, 0.15) is 10.4 Å². The molecule has 0 radical (unpaired) electrons. The van der Waals surface area contributed by atoms with E-state index in [-0.39, 0.29) is 12.5 Å². The van der Waals surface area contributed by atoms with Crippen LogP contribution in [0.25, 0.3) is 0 Å². The lowest BCUT2D eigenvalue weighted by atomic mass is 10.2. The Balaban J connectivity index is 1.73. The Morgan fingerprint density at radius 2 is 2.00 bits per heavy atom. The molecular formula is C14H19BrN2O3. The van der Waals surface area contributed by atoms with Gasteiger partial charge in [-0.1, -0.05) is 15.9 Å². The predicted octanol–water partition coefficient (Wildman–Crippen LogP) is 0.872. The molecule has 0 spiro atoms. The van der Waals surface area contributed by atoms with Crippen LogP contribution in [-0.2, 0) is 4.74 Å². The number of aliphatic hydroxyl groups is 1. The van der Waals surface area contributed by atoms with Crippen molar-refractivity contribution in [3.05, 3.63) is 34.3 Å². The summed E-state index contributed by atoms with van der Waals surface area (Å²) in [7, 11) is 0. The molecule has 2 rings (SSSR count). The van der Waals surface area contributed by atoms with Crippen molar-refractivity contribution in [1.82, 2.24) is 10.2 Å². The van der Waals surface area contributed by atoms with Crippen LogP contribution in [-0.4, -0.2) is 61.4 Å². The first-order valence-electron chi connectivity index (χ1n) is 6.67. The number of nitrogens with zero attached hydrogens (tertiary/aromatic N) is 1. The number of ether oxygens (including phenoxy) is 1. The third-order valence-electron chi connectivity index (χ3n) is 3.18. The Labute approximate surface area is 127 Å². The third kappa shape index (κ3) is 4.86. The molecule has 1 aromatic carbocycles. The van der Waals surface area contributed by atoms with Crippen LogP contribution in [0.5, 0.6) is 0 Å². The van der Waals surface area contributed by atoms with Crippen LogP contribution >= 0.6 is 15.9 Å². The number of morpholine rings is 1. The number of hydrogen-bond acceptors (Lipinski definition) is 4. The minimum atomic E-state index is -0.563. The van der Waals surface area contributed by atoms with Gasteiger partial charge in [-0.3, -0.25) is 9.69 Å². The molecule has 1 fully saturated rings. The zero-order valence-corrected chi connectivity index (χ0v) is 12.8. The van der Waals surface area contributed by atoms with Crippen molar-refractivity contribution in [3.63, 3.8) is 0 Å². The van der Waals surface area contributed by atoms with E-state index in [0.29, 0.717) is 25.3 Å². The molecule has 1 heterocycles. The Morgan fingerprint density at radius 3 is 2.65 bits per heavy atom. The van der Waals surface area contributed by atoms with Gasteiger partial charge in [0.25, 0.3) is 5.91 Å². The van der Waals surface area contributed by atoms with E-state index in [4.69, 9.17) is 4.74 Å². The molecule has 1 saturated heterocycles. The van der Waals surface area contributed by atoms with E-state index in [9.17, 15) is 9.90 Å². The number of nitrogens with one attached hydrogen (secondary N) is 1. The van der Waals surface area contributed by atoms with Gasteiger partial charge in [-0.15, -0.1) is 0 Å². The maximum absolute atomic E-state index is 11.9. The van der Waals surface area contributed by atoms with Gasteiger partial charge in [0.15, 0.2) is 0 Å². The van der Waals surface area contributed by atoms with Crippen LogP contribution < -0.4 is 5.32 Å².